The average Bonchev–Trinajstić information content (AvgIpc) is 2.46. The molecule has 108 valence electrons. The van der Waals surface area contributed by atoms with Crippen molar-refractivity contribution in [3.05, 3.63) is 39.4 Å². The number of likely N-dealkylation sites (N-methyl/N-ethyl adjacent to an activating group) is 1. The topological polar surface area (TPSA) is 66.7 Å². The molecular weight excluding hydrogens is 258 g/mol. The van der Waals surface area contributed by atoms with Crippen LogP contribution in [0.1, 0.15) is 22.8 Å². The summed E-state index contributed by atoms with van der Waals surface area (Å²) in [5.41, 5.74) is 0.642. The zero-order valence-electron chi connectivity index (χ0n) is 11.8. The molecule has 0 spiro atoms. The van der Waals surface area contributed by atoms with Gasteiger partial charge in [-0.15, -0.1) is 0 Å². The molecule has 0 N–H and O–H groups in total. The molecule has 1 aromatic rings. The predicted molar refractivity (Wildman–Crippen MR) is 75.9 cm³/mol. The smallest absolute Gasteiger partial charge is 0.285 e. The van der Waals surface area contributed by atoms with Crippen molar-refractivity contribution in [1.29, 1.82) is 0 Å². The second-order valence-corrected chi connectivity index (χ2v) is 4.95. The highest BCUT2D eigenvalue weighted by molar-refractivity contribution is 5.98. The Labute approximate surface area is 118 Å². The van der Waals surface area contributed by atoms with Crippen LogP contribution in [0.2, 0.25) is 0 Å². The first-order chi connectivity index (χ1) is 9.54. The number of amides is 1. The Bertz CT molecular complexity index is 522. The number of hydrogen-bond donors (Lipinski definition) is 0. The standard InChI is InChI=1S/C14H19N3O3/c1-3-15-7-9-16(10-8-15)14(18)12-6-4-5-11(2)13(12)17(19)20/h4-6H,3,7-10H2,1-2H3. The molecule has 1 aliphatic rings. The van der Waals surface area contributed by atoms with Crippen LogP contribution in [0.3, 0.4) is 0 Å². The van der Waals surface area contributed by atoms with Crippen molar-refractivity contribution in [2.75, 3.05) is 32.7 Å². The van der Waals surface area contributed by atoms with Gasteiger partial charge in [0.05, 0.1) is 4.92 Å². The summed E-state index contributed by atoms with van der Waals surface area (Å²) in [6.07, 6.45) is 0. The third-order valence-electron chi connectivity index (χ3n) is 3.76. The first kappa shape index (κ1) is 14.5. The number of para-hydroxylation sites is 1. The van der Waals surface area contributed by atoms with Crippen LogP contribution < -0.4 is 0 Å². The molecule has 1 aromatic carbocycles. The van der Waals surface area contributed by atoms with Gasteiger partial charge in [-0.1, -0.05) is 19.1 Å². The molecule has 0 bridgehead atoms. The number of carbonyl (C=O) groups excluding carboxylic acids is 1. The van der Waals surface area contributed by atoms with Gasteiger partial charge in [0.25, 0.3) is 11.6 Å². The minimum absolute atomic E-state index is 0.0737. The molecule has 0 atom stereocenters. The molecule has 0 saturated carbocycles. The lowest BCUT2D eigenvalue weighted by atomic mass is 10.1. The first-order valence-electron chi connectivity index (χ1n) is 6.80. The molecule has 0 aliphatic carbocycles. The molecule has 20 heavy (non-hydrogen) atoms. The van der Waals surface area contributed by atoms with E-state index in [-0.39, 0.29) is 17.2 Å². The Morgan fingerprint density at radius 3 is 2.50 bits per heavy atom. The van der Waals surface area contributed by atoms with Crippen LogP contribution in [0.15, 0.2) is 18.2 Å². The number of carbonyl (C=O) groups is 1. The van der Waals surface area contributed by atoms with Crippen molar-refractivity contribution in [1.82, 2.24) is 9.80 Å². The SMILES string of the molecule is CCN1CCN(C(=O)c2cccc(C)c2[N+](=O)[O-])CC1. The van der Waals surface area contributed by atoms with Gasteiger partial charge in [0, 0.05) is 31.7 Å². The molecule has 1 amide bonds. The number of benzene rings is 1. The third kappa shape index (κ3) is 2.80. The van der Waals surface area contributed by atoms with E-state index in [1.807, 2.05) is 0 Å². The maximum absolute atomic E-state index is 12.5. The summed E-state index contributed by atoms with van der Waals surface area (Å²) in [5, 5.41) is 11.2. The fourth-order valence-corrected chi connectivity index (χ4v) is 2.51. The van der Waals surface area contributed by atoms with Crippen LogP contribution in [-0.2, 0) is 0 Å². The molecule has 0 aromatic heterocycles. The van der Waals surface area contributed by atoms with Crippen LogP contribution in [-0.4, -0.2) is 53.4 Å². The van der Waals surface area contributed by atoms with Gasteiger partial charge in [0.15, 0.2) is 0 Å². The zero-order valence-corrected chi connectivity index (χ0v) is 11.8. The molecule has 6 heteroatoms. The van der Waals surface area contributed by atoms with E-state index in [0.717, 1.165) is 19.6 Å². The quantitative estimate of drug-likeness (QED) is 0.623. The summed E-state index contributed by atoms with van der Waals surface area (Å²) in [5.74, 6) is -0.240. The Morgan fingerprint density at radius 2 is 1.95 bits per heavy atom. The maximum Gasteiger partial charge on any atom is 0.285 e. The van der Waals surface area contributed by atoms with Gasteiger partial charge in [0.1, 0.15) is 5.56 Å². The third-order valence-corrected chi connectivity index (χ3v) is 3.76. The Balaban J connectivity index is 2.22. The highest BCUT2D eigenvalue weighted by atomic mass is 16.6. The minimum Gasteiger partial charge on any atom is -0.336 e. The molecule has 1 saturated heterocycles. The van der Waals surface area contributed by atoms with Crippen molar-refractivity contribution in [3.63, 3.8) is 0 Å². The van der Waals surface area contributed by atoms with Gasteiger partial charge in [-0.25, -0.2) is 0 Å². The van der Waals surface area contributed by atoms with E-state index < -0.39 is 4.92 Å². The lowest BCUT2D eigenvalue weighted by molar-refractivity contribution is -0.385. The molecule has 0 radical (unpaired) electrons. The number of nitro benzene ring substituents is 1. The molecule has 1 aliphatic heterocycles. The van der Waals surface area contributed by atoms with Crippen molar-refractivity contribution < 1.29 is 9.72 Å². The lowest BCUT2D eigenvalue weighted by Crippen LogP contribution is -2.48. The Hall–Kier alpha value is -1.95. The van der Waals surface area contributed by atoms with Crippen molar-refractivity contribution >= 4 is 11.6 Å². The summed E-state index contributed by atoms with van der Waals surface area (Å²) in [6.45, 7) is 7.60. The first-order valence-corrected chi connectivity index (χ1v) is 6.80. The molecule has 1 heterocycles. The van der Waals surface area contributed by atoms with Crippen LogP contribution in [0.4, 0.5) is 5.69 Å². The van der Waals surface area contributed by atoms with Crippen LogP contribution in [0.5, 0.6) is 0 Å². The number of nitrogens with zero attached hydrogens (tertiary/aromatic N) is 3. The van der Waals surface area contributed by atoms with Gasteiger partial charge < -0.3 is 9.80 Å². The van der Waals surface area contributed by atoms with E-state index in [9.17, 15) is 14.9 Å². The average molecular weight is 277 g/mol. The van der Waals surface area contributed by atoms with E-state index in [0.29, 0.717) is 18.7 Å². The largest absolute Gasteiger partial charge is 0.336 e. The fraction of sp³-hybridized carbons (Fsp3) is 0.500. The van der Waals surface area contributed by atoms with Crippen LogP contribution >= 0.6 is 0 Å². The van der Waals surface area contributed by atoms with Gasteiger partial charge in [-0.3, -0.25) is 14.9 Å². The zero-order chi connectivity index (χ0) is 14.7. The predicted octanol–water partition coefficient (Wildman–Crippen LogP) is 1.68. The maximum atomic E-state index is 12.5. The second kappa shape index (κ2) is 6.00. The summed E-state index contributed by atoms with van der Waals surface area (Å²) >= 11 is 0. The summed E-state index contributed by atoms with van der Waals surface area (Å²) in [7, 11) is 0. The van der Waals surface area contributed by atoms with E-state index in [4.69, 9.17) is 0 Å². The van der Waals surface area contributed by atoms with Gasteiger partial charge in [-0.2, -0.15) is 0 Å². The molecule has 6 nitrogen and oxygen atoms in total. The Morgan fingerprint density at radius 1 is 1.30 bits per heavy atom. The van der Waals surface area contributed by atoms with E-state index in [2.05, 4.69) is 11.8 Å². The lowest BCUT2D eigenvalue weighted by Gasteiger charge is -2.34. The summed E-state index contributed by atoms with van der Waals surface area (Å²) in [4.78, 5) is 27.1. The van der Waals surface area contributed by atoms with Crippen molar-refractivity contribution in [2.24, 2.45) is 0 Å². The normalized spacial score (nSPS) is 16.2. The van der Waals surface area contributed by atoms with Gasteiger partial charge in [0.2, 0.25) is 0 Å². The van der Waals surface area contributed by atoms with Crippen LogP contribution in [0.25, 0.3) is 0 Å². The monoisotopic (exact) mass is 277 g/mol. The number of aryl methyl sites for hydroxylation is 1. The van der Waals surface area contributed by atoms with Gasteiger partial charge >= 0.3 is 0 Å². The summed E-state index contributed by atoms with van der Waals surface area (Å²) in [6, 6.07) is 4.89. The molecule has 2 rings (SSSR count). The second-order valence-electron chi connectivity index (χ2n) is 4.95. The highest BCUT2D eigenvalue weighted by Crippen LogP contribution is 2.24. The van der Waals surface area contributed by atoms with Crippen LogP contribution in [0, 0.1) is 17.0 Å². The van der Waals surface area contributed by atoms with E-state index in [1.54, 1.807) is 30.0 Å². The number of rotatable bonds is 3. The molecular formula is C14H19N3O3. The number of piperazine rings is 1. The number of hydrogen-bond acceptors (Lipinski definition) is 4. The minimum atomic E-state index is -0.467. The number of nitro groups is 1. The Kier molecular flexibility index (Phi) is 4.34. The van der Waals surface area contributed by atoms with Gasteiger partial charge in [-0.05, 0) is 19.5 Å². The fourth-order valence-electron chi connectivity index (χ4n) is 2.51. The highest BCUT2D eigenvalue weighted by Gasteiger charge is 2.28. The van der Waals surface area contributed by atoms with E-state index >= 15 is 0 Å². The van der Waals surface area contributed by atoms with Crippen molar-refractivity contribution in [3.8, 4) is 0 Å². The van der Waals surface area contributed by atoms with E-state index in [1.165, 1.54) is 0 Å². The summed E-state index contributed by atoms with van der Waals surface area (Å²) < 4.78 is 0. The molecule has 0 unspecified atom stereocenters. The van der Waals surface area contributed by atoms with Crippen molar-refractivity contribution in [2.45, 2.75) is 13.8 Å². The molecule has 1 fully saturated rings.